The van der Waals surface area contributed by atoms with E-state index in [1.807, 2.05) is 66.4 Å². The molecule has 8 heteroatoms. The van der Waals surface area contributed by atoms with Crippen LogP contribution in [0, 0.1) is 11.3 Å². The maximum Gasteiger partial charge on any atom is 0.246 e. The summed E-state index contributed by atoms with van der Waals surface area (Å²) in [4.78, 5) is 23.4. The van der Waals surface area contributed by atoms with Crippen molar-refractivity contribution in [2.24, 2.45) is 0 Å². The molecule has 40 heavy (non-hydrogen) atoms. The molecule has 204 valence electrons. The van der Waals surface area contributed by atoms with Gasteiger partial charge < -0.3 is 19.9 Å². The van der Waals surface area contributed by atoms with E-state index in [2.05, 4.69) is 40.6 Å². The number of carbonyl (C=O) groups excluding carboxylic acids is 1. The van der Waals surface area contributed by atoms with E-state index in [0.717, 1.165) is 38.5 Å². The smallest absolute Gasteiger partial charge is 0.246 e. The monoisotopic (exact) mass is 551 g/mol. The standard InChI is InChI=1S/C32H33N5O2S/c1-36(2)16-9-14-29(38)37-17-15-26-28(20-37)40-32-30(26)31(25(18-33)19-34-32)35-27(24-12-7-4-8-13-24)22-39-21-23-10-5-3-6-11-23/h3-14,19,27H,15-17,20-22H2,1-2H3,(H,34,35). The van der Waals surface area contributed by atoms with Gasteiger partial charge in [0.15, 0.2) is 0 Å². The number of aromatic nitrogens is 1. The van der Waals surface area contributed by atoms with Gasteiger partial charge in [0.05, 0.1) is 37.1 Å². The second-order valence-electron chi connectivity index (χ2n) is 10.1. The number of likely N-dealkylation sites (N-methyl/N-ethyl adjacent to an activating group) is 1. The van der Waals surface area contributed by atoms with Crippen LogP contribution in [0.15, 0.2) is 79.0 Å². The molecule has 0 bridgehead atoms. The third-order valence-electron chi connectivity index (χ3n) is 6.95. The van der Waals surface area contributed by atoms with Crippen LogP contribution in [-0.2, 0) is 29.1 Å². The number of ether oxygens (including phenoxy) is 1. The van der Waals surface area contributed by atoms with Crippen LogP contribution in [0.25, 0.3) is 10.2 Å². The summed E-state index contributed by atoms with van der Waals surface area (Å²) in [5.41, 5.74) is 4.65. The van der Waals surface area contributed by atoms with Crippen LogP contribution in [0.4, 0.5) is 5.69 Å². The van der Waals surface area contributed by atoms with E-state index in [-0.39, 0.29) is 11.9 Å². The third kappa shape index (κ3) is 6.40. The van der Waals surface area contributed by atoms with Gasteiger partial charge in [-0.2, -0.15) is 5.26 Å². The number of benzene rings is 2. The van der Waals surface area contributed by atoms with Crippen molar-refractivity contribution in [2.75, 3.05) is 39.1 Å². The number of amides is 1. The summed E-state index contributed by atoms with van der Waals surface area (Å²) in [7, 11) is 3.95. The number of pyridine rings is 1. The van der Waals surface area contributed by atoms with Crippen molar-refractivity contribution in [3.63, 3.8) is 0 Å². The predicted octanol–water partition coefficient (Wildman–Crippen LogP) is 5.54. The first-order valence-electron chi connectivity index (χ1n) is 13.4. The first kappa shape index (κ1) is 27.5. The molecular weight excluding hydrogens is 518 g/mol. The molecule has 5 rings (SSSR count). The Morgan fingerprint density at radius 1 is 1.20 bits per heavy atom. The predicted molar refractivity (Wildman–Crippen MR) is 160 cm³/mol. The Labute approximate surface area is 239 Å². The van der Waals surface area contributed by atoms with E-state index in [4.69, 9.17) is 4.74 Å². The molecule has 2 aromatic carbocycles. The van der Waals surface area contributed by atoms with Crippen LogP contribution >= 0.6 is 11.3 Å². The van der Waals surface area contributed by atoms with Gasteiger partial charge in [0, 0.05) is 35.6 Å². The van der Waals surface area contributed by atoms with E-state index >= 15 is 0 Å². The zero-order valence-electron chi connectivity index (χ0n) is 22.8. The number of nitrogens with one attached hydrogen (secondary N) is 1. The topological polar surface area (TPSA) is 81.5 Å². The lowest BCUT2D eigenvalue weighted by Crippen LogP contribution is -2.34. The molecule has 1 N–H and O–H groups in total. The van der Waals surface area contributed by atoms with Crippen molar-refractivity contribution in [3.8, 4) is 6.07 Å². The highest BCUT2D eigenvalue weighted by molar-refractivity contribution is 7.19. The van der Waals surface area contributed by atoms with E-state index in [9.17, 15) is 10.1 Å². The lowest BCUT2D eigenvalue weighted by atomic mass is 10.0. The fourth-order valence-electron chi connectivity index (χ4n) is 4.90. The minimum absolute atomic E-state index is 0.0219. The second kappa shape index (κ2) is 12.9. The average molecular weight is 552 g/mol. The molecule has 0 spiro atoms. The number of nitriles is 1. The molecule has 0 aliphatic carbocycles. The summed E-state index contributed by atoms with van der Waals surface area (Å²) in [5.74, 6) is 0.0219. The molecular formula is C32H33N5O2S. The Morgan fingerprint density at radius 2 is 1.95 bits per heavy atom. The number of fused-ring (bicyclic) bond motifs is 3. The lowest BCUT2D eigenvalue weighted by Gasteiger charge is -2.27. The van der Waals surface area contributed by atoms with E-state index in [0.29, 0.717) is 38.3 Å². The van der Waals surface area contributed by atoms with E-state index < -0.39 is 0 Å². The number of nitrogens with zero attached hydrogens (tertiary/aromatic N) is 4. The van der Waals surface area contributed by atoms with Crippen molar-refractivity contribution >= 4 is 33.1 Å². The highest BCUT2D eigenvalue weighted by Crippen LogP contribution is 2.40. The van der Waals surface area contributed by atoms with E-state index in [1.54, 1.807) is 23.6 Å². The van der Waals surface area contributed by atoms with Crippen LogP contribution in [0.1, 0.15) is 33.2 Å². The third-order valence-corrected chi connectivity index (χ3v) is 8.07. The van der Waals surface area contributed by atoms with Gasteiger partial charge in [-0.1, -0.05) is 66.7 Å². The highest BCUT2D eigenvalue weighted by atomic mass is 32.1. The largest absolute Gasteiger partial charge is 0.374 e. The maximum atomic E-state index is 12.8. The lowest BCUT2D eigenvalue weighted by molar-refractivity contribution is -0.126. The summed E-state index contributed by atoms with van der Waals surface area (Å²) in [6.45, 7) is 2.83. The Bertz CT molecular complexity index is 1530. The van der Waals surface area contributed by atoms with Crippen molar-refractivity contribution in [2.45, 2.75) is 25.6 Å². The van der Waals surface area contributed by atoms with Gasteiger partial charge in [-0.25, -0.2) is 4.98 Å². The molecule has 1 atom stereocenters. The van der Waals surface area contributed by atoms with Crippen LogP contribution in [0.2, 0.25) is 0 Å². The van der Waals surface area contributed by atoms with Gasteiger partial charge in [-0.05, 0) is 37.2 Å². The second-order valence-corrected chi connectivity index (χ2v) is 11.2. The van der Waals surface area contributed by atoms with Gasteiger partial charge in [0.1, 0.15) is 10.9 Å². The van der Waals surface area contributed by atoms with Crippen molar-refractivity contribution in [1.82, 2.24) is 14.8 Å². The molecule has 1 amide bonds. The summed E-state index contributed by atoms with van der Waals surface area (Å²) >= 11 is 1.60. The Hall–Kier alpha value is -4.03. The molecule has 1 aliphatic rings. The molecule has 1 unspecified atom stereocenters. The fourth-order valence-corrected chi connectivity index (χ4v) is 6.12. The van der Waals surface area contributed by atoms with Crippen molar-refractivity contribution in [1.29, 1.82) is 5.26 Å². The molecule has 1 aliphatic heterocycles. The number of thiophene rings is 1. The Balaban J connectivity index is 1.42. The van der Waals surface area contributed by atoms with Gasteiger partial charge in [0.2, 0.25) is 5.91 Å². The molecule has 0 fully saturated rings. The highest BCUT2D eigenvalue weighted by Gasteiger charge is 2.27. The molecule has 7 nitrogen and oxygen atoms in total. The number of hydrogen-bond donors (Lipinski definition) is 1. The Kier molecular flexibility index (Phi) is 8.87. The maximum absolute atomic E-state index is 12.8. The van der Waals surface area contributed by atoms with E-state index in [1.165, 1.54) is 5.56 Å². The molecule has 4 aromatic rings. The summed E-state index contributed by atoms with van der Waals surface area (Å²) in [6, 6.07) is 22.5. The van der Waals surface area contributed by atoms with Crippen molar-refractivity contribution in [3.05, 3.63) is 106 Å². The molecule has 0 saturated carbocycles. The molecule has 3 heterocycles. The van der Waals surface area contributed by atoms with Gasteiger partial charge in [0.25, 0.3) is 0 Å². The van der Waals surface area contributed by atoms with Crippen LogP contribution in [0.3, 0.4) is 0 Å². The minimum Gasteiger partial charge on any atom is -0.374 e. The van der Waals surface area contributed by atoms with Crippen LogP contribution < -0.4 is 5.32 Å². The quantitative estimate of drug-likeness (QED) is 0.261. The van der Waals surface area contributed by atoms with Gasteiger partial charge in [-0.15, -0.1) is 11.3 Å². The average Bonchev–Trinajstić information content (AvgIpc) is 3.35. The van der Waals surface area contributed by atoms with Crippen LogP contribution in [0.5, 0.6) is 0 Å². The number of carbonyl (C=O) groups is 1. The fraction of sp³-hybridized carbons (Fsp3) is 0.281. The first-order chi connectivity index (χ1) is 19.5. The summed E-state index contributed by atoms with van der Waals surface area (Å²) in [6.07, 6.45) is 5.92. The summed E-state index contributed by atoms with van der Waals surface area (Å²) in [5, 5.41) is 14.7. The Morgan fingerprint density at radius 3 is 2.67 bits per heavy atom. The first-order valence-corrected chi connectivity index (χ1v) is 14.2. The summed E-state index contributed by atoms with van der Waals surface area (Å²) < 4.78 is 6.16. The zero-order valence-corrected chi connectivity index (χ0v) is 23.7. The zero-order chi connectivity index (χ0) is 27.9. The number of hydrogen-bond acceptors (Lipinski definition) is 7. The minimum atomic E-state index is -0.165. The number of anilines is 1. The van der Waals surface area contributed by atoms with Crippen LogP contribution in [-0.4, -0.2) is 54.5 Å². The molecule has 0 radical (unpaired) electrons. The molecule has 0 saturated heterocycles. The van der Waals surface area contributed by atoms with Crippen molar-refractivity contribution < 1.29 is 9.53 Å². The van der Waals surface area contributed by atoms with Gasteiger partial charge in [-0.3, -0.25) is 4.79 Å². The normalized spacial score (nSPS) is 13.9. The SMILES string of the molecule is CN(C)CC=CC(=O)N1CCc2c(sc3ncc(C#N)c(NC(COCc4ccccc4)c4ccccc4)c23)C1. The number of rotatable bonds is 10. The van der Waals surface area contributed by atoms with Gasteiger partial charge >= 0.3 is 0 Å². The molecule has 2 aromatic heterocycles.